The molecule has 86 valence electrons. The van der Waals surface area contributed by atoms with E-state index >= 15 is 0 Å². The summed E-state index contributed by atoms with van der Waals surface area (Å²) < 4.78 is 0. The number of hydrogen-bond donors (Lipinski definition) is 0. The molecule has 0 nitrogen and oxygen atoms in total. The Hall–Kier alpha value is -0.260. The maximum absolute atomic E-state index is 2.25. The van der Waals surface area contributed by atoms with Crippen molar-refractivity contribution in [3.05, 3.63) is 12.2 Å². The van der Waals surface area contributed by atoms with Crippen LogP contribution in [0.4, 0.5) is 0 Å². The molecular weight excluding hydrogens is 168 g/mol. The highest BCUT2D eigenvalue weighted by atomic mass is 14.1. The van der Waals surface area contributed by atoms with Gasteiger partial charge in [-0.2, -0.15) is 0 Å². The van der Waals surface area contributed by atoms with Gasteiger partial charge in [-0.25, -0.2) is 0 Å². The molecule has 0 aromatic heterocycles. The van der Waals surface area contributed by atoms with E-state index in [1.54, 1.807) is 0 Å². The predicted molar refractivity (Wildman–Crippen MR) is 68.6 cm³/mol. The SMILES string of the molecule is CC/C=C\CC(C)C.CCC(C)(C)C. The van der Waals surface area contributed by atoms with Crippen LogP contribution in [0.3, 0.4) is 0 Å². The van der Waals surface area contributed by atoms with E-state index in [9.17, 15) is 0 Å². The maximum Gasteiger partial charge on any atom is -0.0327 e. The smallest absolute Gasteiger partial charge is 0.0327 e. The summed E-state index contributed by atoms with van der Waals surface area (Å²) in [5.41, 5.74) is 0.542. The van der Waals surface area contributed by atoms with Gasteiger partial charge in [0.1, 0.15) is 0 Å². The van der Waals surface area contributed by atoms with E-state index in [1.807, 2.05) is 0 Å². The summed E-state index contributed by atoms with van der Waals surface area (Å²) in [5.74, 6) is 0.817. The highest BCUT2D eigenvalue weighted by molar-refractivity contribution is 4.80. The molecule has 0 rings (SSSR count). The molecule has 0 radical (unpaired) electrons. The highest BCUT2D eigenvalue weighted by Gasteiger charge is 2.03. The van der Waals surface area contributed by atoms with Crippen LogP contribution >= 0.6 is 0 Å². The van der Waals surface area contributed by atoms with Crippen molar-refractivity contribution >= 4 is 0 Å². The van der Waals surface area contributed by atoms with Gasteiger partial charge in [-0.1, -0.05) is 67.0 Å². The molecule has 0 aliphatic heterocycles. The fraction of sp³-hybridized carbons (Fsp3) is 0.857. The number of rotatable bonds is 3. The summed E-state index contributed by atoms with van der Waals surface area (Å²) in [5, 5.41) is 0. The van der Waals surface area contributed by atoms with Gasteiger partial charge >= 0.3 is 0 Å². The molecule has 0 atom stereocenters. The van der Waals surface area contributed by atoms with Gasteiger partial charge in [-0.15, -0.1) is 0 Å². The van der Waals surface area contributed by atoms with Crippen LogP contribution in [-0.2, 0) is 0 Å². The van der Waals surface area contributed by atoms with Crippen molar-refractivity contribution in [3.63, 3.8) is 0 Å². The van der Waals surface area contributed by atoms with Gasteiger partial charge in [0.15, 0.2) is 0 Å². The lowest BCUT2D eigenvalue weighted by molar-refractivity contribution is 0.398. The Morgan fingerprint density at radius 2 is 1.43 bits per heavy atom. The third kappa shape index (κ3) is 22.6. The monoisotopic (exact) mass is 198 g/mol. The summed E-state index contributed by atoms with van der Waals surface area (Å²) in [6.45, 7) is 15.6. The zero-order valence-corrected chi connectivity index (χ0v) is 11.4. The molecule has 0 bridgehead atoms. The lowest BCUT2D eigenvalue weighted by Crippen LogP contribution is -2.00. The van der Waals surface area contributed by atoms with Crippen LogP contribution < -0.4 is 0 Å². The first-order chi connectivity index (χ1) is 6.33. The Morgan fingerprint density at radius 1 is 1.00 bits per heavy atom. The minimum absolute atomic E-state index is 0.542. The van der Waals surface area contributed by atoms with Crippen molar-refractivity contribution < 1.29 is 0 Å². The van der Waals surface area contributed by atoms with Crippen molar-refractivity contribution in [2.24, 2.45) is 11.3 Å². The van der Waals surface area contributed by atoms with Crippen molar-refractivity contribution in [2.45, 2.75) is 67.7 Å². The van der Waals surface area contributed by atoms with E-state index in [1.165, 1.54) is 19.3 Å². The minimum atomic E-state index is 0.542. The topological polar surface area (TPSA) is 0 Å². The van der Waals surface area contributed by atoms with Gasteiger partial charge in [-0.05, 0) is 24.2 Å². The summed E-state index contributed by atoms with van der Waals surface area (Å²) in [6, 6.07) is 0. The first kappa shape index (κ1) is 16.2. The Bertz CT molecular complexity index is 123. The average Bonchev–Trinajstić information content (AvgIpc) is 2.04. The van der Waals surface area contributed by atoms with Gasteiger partial charge < -0.3 is 0 Å². The van der Waals surface area contributed by atoms with Crippen LogP contribution in [0.2, 0.25) is 0 Å². The van der Waals surface area contributed by atoms with Gasteiger partial charge in [0.2, 0.25) is 0 Å². The molecule has 0 saturated heterocycles. The predicted octanol–water partition coefficient (Wildman–Crippen LogP) is 5.44. The number of allylic oxidation sites excluding steroid dienone is 2. The summed E-state index contributed by atoms with van der Waals surface area (Å²) in [6.07, 6.45) is 8.15. The van der Waals surface area contributed by atoms with E-state index in [2.05, 4.69) is 60.6 Å². The van der Waals surface area contributed by atoms with Crippen LogP contribution in [0, 0.1) is 11.3 Å². The quantitative estimate of drug-likeness (QED) is 0.530. The lowest BCUT2D eigenvalue weighted by atomic mass is 9.94. The van der Waals surface area contributed by atoms with E-state index in [0.29, 0.717) is 5.41 Å². The fourth-order valence-corrected chi connectivity index (χ4v) is 0.535. The first-order valence-electron chi connectivity index (χ1n) is 5.98. The third-order valence-corrected chi connectivity index (χ3v) is 2.07. The van der Waals surface area contributed by atoms with Crippen molar-refractivity contribution in [3.8, 4) is 0 Å². The standard InChI is InChI=1S/C8H16.C6H14/c1-4-5-6-7-8(2)3;1-5-6(2,3)4/h5-6,8H,4,7H2,1-3H3;5H2,1-4H3/b6-5-;. The Balaban J connectivity index is 0. The van der Waals surface area contributed by atoms with E-state index < -0.39 is 0 Å². The van der Waals surface area contributed by atoms with E-state index in [-0.39, 0.29) is 0 Å². The molecule has 0 N–H and O–H groups in total. The van der Waals surface area contributed by atoms with E-state index in [0.717, 1.165) is 5.92 Å². The summed E-state index contributed by atoms with van der Waals surface area (Å²) in [4.78, 5) is 0. The van der Waals surface area contributed by atoms with Crippen LogP contribution in [0.1, 0.15) is 67.7 Å². The molecule has 0 unspecified atom stereocenters. The van der Waals surface area contributed by atoms with Crippen LogP contribution in [0.5, 0.6) is 0 Å². The van der Waals surface area contributed by atoms with Gasteiger partial charge in [-0.3, -0.25) is 0 Å². The average molecular weight is 198 g/mol. The molecule has 0 spiro atoms. The lowest BCUT2D eigenvalue weighted by Gasteiger charge is -2.12. The molecule has 0 fully saturated rings. The van der Waals surface area contributed by atoms with Gasteiger partial charge in [0.25, 0.3) is 0 Å². The minimum Gasteiger partial charge on any atom is -0.0888 e. The first-order valence-corrected chi connectivity index (χ1v) is 5.98. The molecular formula is C14H30. The molecule has 0 amide bonds. The molecule has 0 aliphatic carbocycles. The Labute approximate surface area is 91.8 Å². The molecule has 0 heterocycles. The Morgan fingerprint density at radius 3 is 1.64 bits per heavy atom. The number of hydrogen-bond acceptors (Lipinski definition) is 0. The normalized spacial score (nSPS) is 11.7. The highest BCUT2D eigenvalue weighted by Crippen LogP contribution is 2.16. The van der Waals surface area contributed by atoms with Crippen molar-refractivity contribution in [1.29, 1.82) is 0 Å². The van der Waals surface area contributed by atoms with Crippen LogP contribution in [0.15, 0.2) is 12.2 Å². The zero-order chi connectivity index (χ0) is 11.6. The van der Waals surface area contributed by atoms with Crippen LogP contribution in [0.25, 0.3) is 0 Å². The molecule has 0 aliphatic rings. The maximum atomic E-state index is 2.25. The van der Waals surface area contributed by atoms with E-state index in [4.69, 9.17) is 0 Å². The van der Waals surface area contributed by atoms with Crippen LogP contribution in [-0.4, -0.2) is 0 Å². The zero-order valence-electron chi connectivity index (χ0n) is 11.4. The summed E-state index contributed by atoms with van der Waals surface area (Å²) in [7, 11) is 0. The largest absolute Gasteiger partial charge is 0.0888 e. The molecule has 14 heavy (non-hydrogen) atoms. The molecule has 0 heteroatoms. The van der Waals surface area contributed by atoms with Gasteiger partial charge in [0.05, 0.1) is 0 Å². The second kappa shape index (κ2) is 9.30. The van der Waals surface area contributed by atoms with Crippen molar-refractivity contribution in [1.82, 2.24) is 0 Å². The second-order valence-electron chi connectivity index (χ2n) is 5.42. The fourth-order valence-electron chi connectivity index (χ4n) is 0.535. The van der Waals surface area contributed by atoms with Crippen molar-refractivity contribution in [2.75, 3.05) is 0 Å². The summed E-state index contributed by atoms with van der Waals surface area (Å²) >= 11 is 0. The third-order valence-electron chi connectivity index (χ3n) is 2.07. The Kier molecular flexibility index (Phi) is 10.7. The second-order valence-corrected chi connectivity index (χ2v) is 5.42. The molecule has 0 aromatic rings. The molecule has 0 saturated carbocycles. The van der Waals surface area contributed by atoms with Gasteiger partial charge in [0, 0.05) is 0 Å². The molecule has 0 aromatic carbocycles.